The summed E-state index contributed by atoms with van der Waals surface area (Å²) in [6.45, 7) is 5.79. The number of unbranched alkanes of at least 4 members (excludes halogenated alkanes) is 3. The fourth-order valence-electron chi connectivity index (χ4n) is 3.72. The maximum Gasteiger partial charge on any atom is 0.305 e. The maximum absolute atomic E-state index is 13.6. The van der Waals surface area contributed by atoms with Crippen LogP contribution in [0.2, 0.25) is 0 Å². The average molecular weight is 425 g/mol. The van der Waals surface area contributed by atoms with Crippen molar-refractivity contribution in [3.63, 3.8) is 0 Å². The molecule has 5 heteroatoms. The number of methoxy groups -OCH3 is 1. The van der Waals surface area contributed by atoms with Gasteiger partial charge in [0.2, 0.25) is 0 Å². The highest BCUT2D eigenvalue weighted by atomic mass is 19.1. The third-order valence-corrected chi connectivity index (χ3v) is 5.80. The van der Waals surface area contributed by atoms with Crippen LogP contribution in [0.5, 0.6) is 5.75 Å². The topological polar surface area (TPSA) is 55.8 Å². The minimum absolute atomic E-state index is 0.0869. The predicted molar refractivity (Wildman–Crippen MR) is 119 cm³/mol. The van der Waals surface area contributed by atoms with Gasteiger partial charge < -0.3 is 14.6 Å². The van der Waals surface area contributed by atoms with E-state index in [0.29, 0.717) is 12.8 Å². The van der Waals surface area contributed by atoms with Crippen molar-refractivity contribution in [3.05, 3.63) is 30.1 Å². The Bertz CT molecular complexity index is 597. The lowest BCUT2D eigenvalue weighted by Crippen LogP contribution is -2.42. The average Bonchev–Trinajstić information content (AvgIpc) is 3.25. The van der Waals surface area contributed by atoms with E-state index in [1.165, 1.54) is 51.7 Å². The van der Waals surface area contributed by atoms with Crippen molar-refractivity contribution in [3.8, 4) is 5.75 Å². The van der Waals surface area contributed by atoms with Crippen molar-refractivity contribution >= 4 is 5.97 Å². The number of aliphatic hydroxyl groups is 1. The number of halogens is 1. The monoisotopic (exact) mass is 424 g/mol. The van der Waals surface area contributed by atoms with E-state index in [4.69, 9.17) is 4.74 Å². The van der Waals surface area contributed by atoms with Crippen molar-refractivity contribution < 1.29 is 23.8 Å². The molecule has 4 nitrogen and oxygen atoms in total. The molecule has 1 aromatic carbocycles. The second-order valence-corrected chi connectivity index (χ2v) is 8.77. The third-order valence-electron chi connectivity index (χ3n) is 5.80. The van der Waals surface area contributed by atoms with E-state index in [9.17, 15) is 14.3 Å². The van der Waals surface area contributed by atoms with Crippen LogP contribution in [-0.4, -0.2) is 29.9 Å². The summed E-state index contributed by atoms with van der Waals surface area (Å²) in [4.78, 5) is 10.6. The van der Waals surface area contributed by atoms with Gasteiger partial charge in [-0.15, -0.1) is 0 Å². The highest BCUT2D eigenvalue weighted by Gasteiger charge is 2.31. The van der Waals surface area contributed by atoms with E-state index in [1.807, 2.05) is 13.8 Å². The second-order valence-electron chi connectivity index (χ2n) is 8.77. The number of carbonyl (C=O) groups is 1. The van der Waals surface area contributed by atoms with Crippen LogP contribution in [0.15, 0.2) is 24.3 Å². The van der Waals surface area contributed by atoms with Gasteiger partial charge in [0.1, 0.15) is 5.60 Å². The van der Waals surface area contributed by atoms with Gasteiger partial charge in [-0.2, -0.15) is 0 Å². The molecule has 172 valence electrons. The smallest absolute Gasteiger partial charge is 0.305 e. The molecule has 0 spiro atoms. The lowest BCUT2D eigenvalue weighted by Gasteiger charge is -2.32. The Balaban J connectivity index is 0.000000382. The first-order valence-electron chi connectivity index (χ1n) is 11.5. The Morgan fingerprint density at radius 2 is 1.87 bits per heavy atom. The van der Waals surface area contributed by atoms with Gasteiger partial charge in [0.05, 0.1) is 13.2 Å². The maximum atomic E-state index is 13.6. The minimum atomic E-state index is -0.777. The van der Waals surface area contributed by atoms with Gasteiger partial charge in [0, 0.05) is 6.42 Å². The number of rotatable bonds is 11. The largest absolute Gasteiger partial charge is 0.482 e. The molecular weight excluding hydrogens is 383 g/mol. The van der Waals surface area contributed by atoms with Gasteiger partial charge in [-0.1, -0.05) is 64.0 Å². The van der Waals surface area contributed by atoms with E-state index in [1.54, 1.807) is 18.2 Å². The van der Waals surface area contributed by atoms with Crippen molar-refractivity contribution in [2.45, 2.75) is 103 Å². The number of carbonyl (C=O) groups excluding carboxylic acids is 1. The second kappa shape index (κ2) is 14.4. The van der Waals surface area contributed by atoms with E-state index in [-0.39, 0.29) is 17.5 Å². The SMILES string of the molecule is CC(C)(Oc1ccccc1F)C(O)CCC1CCCC1.CCCCCCC(=O)OC. The van der Waals surface area contributed by atoms with E-state index < -0.39 is 11.7 Å². The van der Waals surface area contributed by atoms with Crippen LogP contribution in [0.1, 0.15) is 91.4 Å². The fraction of sp³-hybridized carbons (Fsp3) is 0.720. The molecule has 1 aromatic rings. The number of esters is 1. The highest BCUT2D eigenvalue weighted by Crippen LogP contribution is 2.31. The fourth-order valence-corrected chi connectivity index (χ4v) is 3.72. The molecule has 1 fully saturated rings. The van der Waals surface area contributed by atoms with Crippen molar-refractivity contribution in [2.75, 3.05) is 7.11 Å². The standard InChI is InChI=1S/C17H25FO2.C8H16O2/c1-17(2,20-15-10-6-5-9-14(15)18)16(19)12-11-13-7-3-4-8-13;1-3-4-5-6-7-8(9)10-2/h5-6,9-10,13,16,19H,3-4,7-8,11-12H2,1-2H3;3-7H2,1-2H3. The number of benzene rings is 1. The van der Waals surface area contributed by atoms with Gasteiger partial charge in [-0.3, -0.25) is 4.79 Å². The molecule has 0 bridgehead atoms. The summed E-state index contributed by atoms with van der Waals surface area (Å²) in [5, 5.41) is 10.3. The molecule has 1 aliphatic rings. The zero-order valence-electron chi connectivity index (χ0n) is 19.3. The summed E-state index contributed by atoms with van der Waals surface area (Å²) < 4.78 is 23.8. The van der Waals surface area contributed by atoms with E-state index >= 15 is 0 Å². The molecule has 1 saturated carbocycles. The summed E-state index contributed by atoms with van der Waals surface area (Å²) in [5.41, 5.74) is -0.777. The Morgan fingerprint density at radius 3 is 2.47 bits per heavy atom. The molecule has 30 heavy (non-hydrogen) atoms. The zero-order chi connectivity index (χ0) is 22.4. The zero-order valence-corrected chi connectivity index (χ0v) is 19.3. The minimum Gasteiger partial charge on any atom is -0.482 e. The van der Waals surface area contributed by atoms with Gasteiger partial charge in [0.25, 0.3) is 0 Å². The first-order chi connectivity index (χ1) is 14.3. The number of para-hydroxylation sites is 1. The Kier molecular flexibility index (Phi) is 12.7. The van der Waals surface area contributed by atoms with E-state index in [2.05, 4.69) is 11.7 Å². The highest BCUT2D eigenvalue weighted by molar-refractivity contribution is 5.68. The molecule has 0 aromatic heterocycles. The normalized spacial score (nSPS) is 15.3. The van der Waals surface area contributed by atoms with Gasteiger partial charge >= 0.3 is 5.97 Å². The first kappa shape index (κ1) is 26.4. The van der Waals surface area contributed by atoms with Crippen LogP contribution >= 0.6 is 0 Å². The molecule has 2 rings (SSSR count). The molecule has 0 radical (unpaired) electrons. The number of ether oxygens (including phenoxy) is 2. The Labute approximate surface area is 182 Å². The molecule has 0 aliphatic heterocycles. The van der Waals surface area contributed by atoms with Gasteiger partial charge in [-0.25, -0.2) is 4.39 Å². The van der Waals surface area contributed by atoms with E-state index in [0.717, 1.165) is 25.2 Å². The molecule has 1 N–H and O–H groups in total. The van der Waals surface area contributed by atoms with Crippen LogP contribution < -0.4 is 4.74 Å². The van der Waals surface area contributed by atoms with Crippen molar-refractivity contribution in [1.29, 1.82) is 0 Å². The predicted octanol–water partition coefficient (Wildman–Crippen LogP) is 6.44. The third kappa shape index (κ3) is 10.4. The van der Waals surface area contributed by atoms with Crippen LogP contribution in [0, 0.1) is 11.7 Å². The van der Waals surface area contributed by atoms with Gasteiger partial charge in [0.15, 0.2) is 11.6 Å². The Hall–Kier alpha value is -1.62. The quantitative estimate of drug-likeness (QED) is 0.328. The number of hydrogen-bond acceptors (Lipinski definition) is 4. The van der Waals surface area contributed by atoms with Crippen LogP contribution in [0.25, 0.3) is 0 Å². The lowest BCUT2D eigenvalue weighted by atomic mass is 9.92. The summed E-state index contributed by atoms with van der Waals surface area (Å²) in [5.74, 6) is 0.478. The molecule has 0 amide bonds. The number of aliphatic hydroxyl groups excluding tert-OH is 1. The molecule has 0 saturated heterocycles. The Morgan fingerprint density at radius 1 is 1.20 bits per heavy atom. The number of hydrogen-bond donors (Lipinski definition) is 1. The van der Waals surface area contributed by atoms with Crippen LogP contribution in [0.3, 0.4) is 0 Å². The molecular formula is C25H41FO4. The summed E-state index contributed by atoms with van der Waals surface area (Å²) >= 11 is 0. The summed E-state index contributed by atoms with van der Waals surface area (Å²) in [7, 11) is 1.43. The molecule has 1 atom stereocenters. The van der Waals surface area contributed by atoms with Gasteiger partial charge in [-0.05, 0) is 51.2 Å². The first-order valence-corrected chi connectivity index (χ1v) is 11.5. The summed E-state index contributed by atoms with van der Waals surface area (Å²) in [6, 6.07) is 6.34. The van der Waals surface area contributed by atoms with Crippen LogP contribution in [-0.2, 0) is 9.53 Å². The van der Waals surface area contributed by atoms with Crippen LogP contribution in [0.4, 0.5) is 4.39 Å². The van der Waals surface area contributed by atoms with Crippen molar-refractivity contribution in [2.24, 2.45) is 5.92 Å². The van der Waals surface area contributed by atoms with Crippen molar-refractivity contribution in [1.82, 2.24) is 0 Å². The lowest BCUT2D eigenvalue weighted by molar-refractivity contribution is -0.140. The summed E-state index contributed by atoms with van der Waals surface area (Å²) in [6.07, 6.45) is 11.5. The molecule has 1 unspecified atom stereocenters. The molecule has 0 heterocycles. The molecule has 1 aliphatic carbocycles.